The van der Waals surface area contributed by atoms with E-state index < -0.39 is 17.9 Å². The molecule has 1 aromatic rings. The van der Waals surface area contributed by atoms with Gasteiger partial charge in [-0.05, 0) is 36.7 Å². The molecule has 0 spiro atoms. The smallest absolute Gasteiger partial charge is 0.172 e. The SMILES string of the molecule is CCNC(Cc1cc(F)ccc1F)C(OC)OC. The third-order valence-electron chi connectivity index (χ3n) is 2.71. The fraction of sp³-hybridized carbons (Fsp3) is 0.538. The van der Waals surface area contributed by atoms with Crippen LogP contribution in [0.15, 0.2) is 18.2 Å². The molecule has 1 N–H and O–H groups in total. The Balaban J connectivity index is 2.85. The molecule has 102 valence electrons. The lowest BCUT2D eigenvalue weighted by atomic mass is 10.0. The zero-order valence-electron chi connectivity index (χ0n) is 10.9. The Morgan fingerprint density at radius 1 is 1.22 bits per heavy atom. The van der Waals surface area contributed by atoms with Crippen molar-refractivity contribution in [3.8, 4) is 0 Å². The molecule has 0 heterocycles. The average Bonchev–Trinajstić information content (AvgIpc) is 2.35. The third-order valence-corrected chi connectivity index (χ3v) is 2.71. The number of ether oxygens (including phenoxy) is 2. The number of likely N-dealkylation sites (N-methyl/N-ethyl adjacent to an activating group) is 1. The molecule has 0 saturated carbocycles. The van der Waals surface area contributed by atoms with Crippen molar-refractivity contribution < 1.29 is 18.3 Å². The van der Waals surface area contributed by atoms with Gasteiger partial charge < -0.3 is 14.8 Å². The molecule has 0 aliphatic carbocycles. The van der Waals surface area contributed by atoms with E-state index in [1.807, 2.05) is 6.92 Å². The van der Waals surface area contributed by atoms with Gasteiger partial charge in [0.1, 0.15) is 11.6 Å². The Bertz CT molecular complexity index is 370. The molecule has 0 aliphatic heterocycles. The molecule has 0 radical (unpaired) electrons. The van der Waals surface area contributed by atoms with Crippen LogP contribution in [0.4, 0.5) is 8.78 Å². The van der Waals surface area contributed by atoms with E-state index in [0.29, 0.717) is 18.5 Å². The Morgan fingerprint density at radius 2 is 1.89 bits per heavy atom. The lowest BCUT2D eigenvalue weighted by Crippen LogP contribution is -2.43. The van der Waals surface area contributed by atoms with E-state index >= 15 is 0 Å². The summed E-state index contributed by atoms with van der Waals surface area (Å²) in [7, 11) is 3.03. The van der Waals surface area contributed by atoms with E-state index in [0.717, 1.165) is 12.1 Å². The molecular weight excluding hydrogens is 240 g/mol. The molecule has 0 aliphatic rings. The highest BCUT2D eigenvalue weighted by Gasteiger charge is 2.21. The summed E-state index contributed by atoms with van der Waals surface area (Å²) in [6, 6.07) is 3.19. The molecule has 0 fully saturated rings. The van der Waals surface area contributed by atoms with Crippen LogP contribution in [0.3, 0.4) is 0 Å². The highest BCUT2D eigenvalue weighted by atomic mass is 19.1. The number of hydrogen-bond donors (Lipinski definition) is 1. The molecule has 0 amide bonds. The molecule has 0 bridgehead atoms. The van der Waals surface area contributed by atoms with Crippen molar-refractivity contribution in [3.05, 3.63) is 35.4 Å². The highest BCUT2D eigenvalue weighted by molar-refractivity contribution is 5.20. The minimum absolute atomic E-state index is 0.235. The Morgan fingerprint density at radius 3 is 2.44 bits per heavy atom. The fourth-order valence-electron chi connectivity index (χ4n) is 1.89. The number of nitrogens with one attached hydrogen (secondary N) is 1. The monoisotopic (exact) mass is 259 g/mol. The van der Waals surface area contributed by atoms with Gasteiger partial charge in [0.25, 0.3) is 0 Å². The van der Waals surface area contributed by atoms with Crippen molar-refractivity contribution >= 4 is 0 Å². The standard InChI is InChI=1S/C13H19F2NO2/c1-4-16-12(13(17-2)18-3)8-9-7-10(14)5-6-11(9)15/h5-7,12-13,16H,4,8H2,1-3H3. The maximum Gasteiger partial charge on any atom is 0.172 e. The van der Waals surface area contributed by atoms with Crippen LogP contribution in [0, 0.1) is 11.6 Å². The largest absolute Gasteiger partial charge is 0.354 e. The number of halogens is 2. The molecule has 1 rings (SSSR count). The lowest BCUT2D eigenvalue weighted by Gasteiger charge is -2.25. The lowest BCUT2D eigenvalue weighted by molar-refractivity contribution is -0.122. The normalized spacial score (nSPS) is 13.0. The van der Waals surface area contributed by atoms with Gasteiger partial charge in [-0.2, -0.15) is 0 Å². The van der Waals surface area contributed by atoms with Crippen LogP contribution in [0.5, 0.6) is 0 Å². The van der Waals surface area contributed by atoms with Crippen molar-refractivity contribution in [2.24, 2.45) is 0 Å². The van der Waals surface area contributed by atoms with Crippen LogP contribution in [0.25, 0.3) is 0 Å². The van der Waals surface area contributed by atoms with E-state index in [-0.39, 0.29) is 6.04 Å². The van der Waals surface area contributed by atoms with Gasteiger partial charge in [-0.1, -0.05) is 6.92 Å². The first-order valence-electron chi connectivity index (χ1n) is 5.85. The number of rotatable bonds is 7. The second-order valence-electron chi connectivity index (χ2n) is 3.94. The molecule has 1 unspecified atom stereocenters. The van der Waals surface area contributed by atoms with Crippen molar-refractivity contribution in [2.45, 2.75) is 25.7 Å². The molecule has 1 aromatic carbocycles. The maximum atomic E-state index is 13.6. The van der Waals surface area contributed by atoms with Gasteiger partial charge in [-0.15, -0.1) is 0 Å². The first-order chi connectivity index (χ1) is 8.62. The van der Waals surface area contributed by atoms with E-state index in [1.54, 1.807) is 0 Å². The maximum absolute atomic E-state index is 13.6. The zero-order chi connectivity index (χ0) is 13.5. The second kappa shape index (κ2) is 7.41. The van der Waals surface area contributed by atoms with E-state index in [9.17, 15) is 8.78 Å². The zero-order valence-corrected chi connectivity index (χ0v) is 10.9. The predicted molar refractivity (Wildman–Crippen MR) is 65.3 cm³/mol. The summed E-state index contributed by atoms with van der Waals surface area (Å²) in [6.45, 7) is 2.61. The summed E-state index contributed by atoms with van der Waals surface area (Å²) in [6.07, 6.45) is -0.211. The number of methoxy groups -OCH3 is 2. The molecule has 18 heavy (non-hydrogen) atoms. The second-order valence-corrected chi connectivity index (χ2v) is 3.94. The highest BCUT2D eigenvalue weighted by Crippen LogP contribution is 2.14. The van der Waals surface area contributed by atoms with E-state index in [2.05, 4.69) is 5.32 Å². The predicted octanol–water partition coefficient (Wildman–Crippen LogP) is 2.10. The van der Waals surface area contributed by atoms with Gasteiger partial charge in [0.05, 0.1) is 6.04 Å². The van der Waals surface area contributed by atoms with Crippen molar-refractivity contribution in [1.82, 2.24) is 5.32 Å². The van der Waals surface area contributed by atoms with Gasteiger partial charge in [0, 0.05) is 14.2 Å². The summed E-state index contributed by atoms with van der Waals surface area (Å²) in [4.78, 5) is 0. The fourth-order valence-corrected chi connectivity index (χ4v) is 1.89. The van der Waals surface area contributed by atoms with Crippen LogP contribution in [0.1, 0.15) is 12.5 Å². The van der Waals surface area contributed by atoms with Crippen LogP contribution in [0.2, 0.25) is 0 Å². The van der Waals surface area contributed by atoms with Gasteiger partial charge in [0.2, 0.25) is 0 Å². The van der Waals surface area contributed by atoms with Gasteiger partial charge in [-0.3, -0.25) is 0 Å². The van der Waals surface area contributed by atoms with E-state index in [4.69, 9.17) is 9.47 Å². The molecule has 5 heteroatoms. The Hall–Kier alpha value is -1.04. The summed E-state index contributed by atoms with van der Waals surface area (Å²) in [5.74, 6) is -0.877. The minimum Gasteiger partial charge on any atom is -0.354 e. The van der Waals surface area contributed by atoms with Crippen molar-refractivity contribution in [3.63, 3.8) is 0 Å². The van der Waals surface area contributed by atoms with Gasteiger partial charge >= 0.3 is 0 Å². The first-order valence-corrected chi connectivity index (χ1v) is 5.85. The summed E-state index contributed by atoms with van der Waals surface area (Å²) in [5, 5.41) is 3.14. The van der Waals surface area contributed by atoms with Crippen LogP contribution >= 0.6 is 0 Å². The first kappa shape index (κ1) is 15.0. The molecule has 0 aromatic heterocycles. The van der Waals surface area contributed by atoms with E-state index in [1.165, 1.54) is 20.3 Å². The van der Waals surface area contributed by atoms with Gasteiger partial charge in [0.15, 0.2) is 6.29 Å². The molecule has 1 atom stereocenters. The van der Waals surface area contributed by atoms with Gasteiger partial charge in [-0.25, -0.2) is 8.78 Å². The van der Waals surface area contributed by atoms with Crippen LogP contribution < -0.4 is 5.32 Å². The summed E-state index contributed by atoms with van der Waals surface area (Å²) < 4.78 is 37.0. The number of benzene rings is 1. The quantitative estimate of drug-likeness (QED) is 0.761. The Kier molecular flexibility index (Phi) is 6.18. The third kappa shape index (κ3) is 4.01. The van der Waals surface area contributed by atoms with Crippen LogP contribution in [-0.2, 0) is 15.9 Å². The topological polar surface area (TPSA) is 30.5 Å². The van der Waals surface area contributed by atoms with Crippen LogP contribution in [-0.4, -0.2) is 33.1 Å². The van der Waals surface area contributed by atoms with Crippen molar-refractivity contribution in [2.75, 3.05) is 20.8 Å². The molecule has 3 nitrogen and oxygen atoms in total. The number of hydrogen-bond acceptors (Lipinski definition) is 3. The molecule has 0 saturated heterocycles. The minimum atomic E-state index is -0.507. The Labute approximate surface area is 106 Å². The van der Waals surface area contributed by atoms with Crippen molar-refractivity contribution in [1.29, 1.82) is 0 Å². The summed E-state index contributed by atoms with van der Waals surface area (Å²) >= 11 is 0. The summed E-state index contributed by atoms with van der Waals surface area (Å²) in [5.41, 5.74) is 0.306. The molecular formula is C13H19F2NO2. The average molecular weight is 259 g/mol.